The van der Waals surface area contributed by atoms with Crippen molar-refractivity contribution in [2.24, 2.45) is 0 Å². The van der Waals surface area contributed by atoms with Gasteiger partial charge < -0.3 is 5.32 Å². The average molecular weight is 339 g/mol. The molecule has 0 aliphatic rings. The fourth-order valence-electron chi connectivity index (χ4n) is 2.25. The zero-order valence-electron chi connectivity index (χ0n) is 13.2. The molecule has 6 heteroatoms. The van der Waals surface area contributed by atoms with E-state index in [0.29, 0.717) is 17.9 Å². The normalized spacial score (nSPS) is 11.0. The number of hydrogen-bond acceptors (Lipinski definition) is 2. The number of rotatable bonds is 5. The second-order valence-electron chi connectivity index (χ2n) is 5.40. The van der Waals surface area contributed by atoms with Crippen LogP contribution in [0, 0.1) is 11.6 Å². The molecule has 0 atom stereocenters. The molecule has 1 amide bonds. The molecular weight excluding hydrogens is 324 g/mol. The Morgan fingerprint density at radius 3 is 2.64 bits per heavy atom. The van der Waals surface area contributed by atoms with E-state index in [-0.39, 0.29) is 17.5 Å². The summed E-state index contributed by atoms with van der Waals surface area (Å²) in [5, 5.41) is 6.86. The monoisotopic (exact) mass is 339 g/mol. The topological polar surface area (TPSA) is 46.9 Å². The molecule has 0 saturated carbocycles. The van der Waals surface area contributed by atoms with Crippen molar-refractivity contribution < 1.29 is 13.6 Å². The summed E-state index contributed by atoms with van der Waals surface area (Å²) >= 11 is 0. The van der Waals surface area contributed by atoms with Crippen LogP contribution in [0.2, 0.25) is 0 Å². The third kappa shape index (κ3) is 4.84. The van der Waals surface area contributed by atoms with Crippen LogP contribution in [0.25, 0.3) is 6.08 Å². The Labute approximate surface area is 143 Å². The van der Waals surface area contributed by atoms with E-state index in [1.165, 1.54) is 30.3 Å². The van der Waals surface area contributed by atoms with Gasteiger partial charge in [0.15, 0.2) is 5.82 Å². The summed E-state index contributed by atoms with van der Waals surface area (Å²) in [6.07, 6.45) is 4.63. The predicted octanol–water partition coefficient (Wildman–Crippen LogP) is 3.86. The van der Waals surface area contributed by atoms with Crippen LogP contribution in [-0.2, 0) is 11.3 Å². The Hall–Kier alpha value is -3.28. The van der Waals surface area contributed by atoms with Gasteiger partial charge in [0.05, 0.1) is 6.54 Å². The summed E-state index contributed by atoms with van der Waals surface area (Å²) < 4.78 is 27.6. The van der Waals surface area contributed by atoms with E-state index >= 15 is 0 Å². The lowest BCUT2D eigenvalue weighted by Crippen LogP contribution is -2.09. The first-order valence-corrected chi connectivity index (χ1v) is 7.61. The smallest absolute Gasteiger partial charge is 0.249 e. The number of halogens is 2. The molecule has 126 valence electrons. The van der Waals surface area contributed by atoms with Crippen molar-refractivity contribution in [2.45, 2.75) is 6.54 Å². The molecule has 2 aromatic carbocycles. The molecule has 0 bridgehead atoms. The summed E-state index contributed by atoms with van der Waals surface area (Å²) in [5.74, 6) is -0.583. The molecule has 0 radical (unpaired) electrons. The quantitative estimate of drug-likeness (QED) is 0.718. The van der Waals surface area contributed by atoms with Crippen LogP contribution in [0.5, 0.6) is 0 Å². The second-order valence-corrected chi connectivity index (χ2v) is 5.40. The first kappa shape index (κ1) is 16.6. The van der Waals surface area contributed by atoms with Gasteiger partial charge in [-0.1, -0.05) is 24.3 Å². The molecule has 0 aliphatic heterocycles. The molecule has 0 unspecified atom stereocenters. The van der Waals surface area contributed by atoms with Crippen LogP contribution in [-0.4, -0.2) is 15.7 Å². The lowest BCUT2D eigenvalue weighted by Gasteiger charge is -2.02. The minimum atomic E-state index is -0.347. The molecule has 0 fully saturated rings. The molecule has 1 N–H and O–H groups in total. The highest BCUT2D eigenvalue weighted by Crippen LogP contribution is 2.09. The highest BCUT2D eigenvalue weighted by Gasteiger charge is 2.03. The van der Waals surface area contributed by atoms with E-state index in [9.17, 15) is 13.6 Å². The van der Waals surface area contributed by atoms with Crippen LogP contribution < -0.4 is 5.32 Å². The number of carbonyl (C=O) groups is 1. The van der Waals surface area contributed by atoms with Gasteiger partial charge in [0.25, 0.3) is 0 Å². The number of amides is 1. The maximum atomic E-state index is 13.2. The minimum Gasteiger partial charge on any atom is -0.306 e. The maximum Gasteiger partial charge on any atom is 0.249 e. The fourth-order valence-corrected chi connectivity index (χ4v) is 2.25. The van der Waals surface area contributed by atoms with E-state index in [2.05, 4.69) is 10.4 Å². The van der Waals surface area contributed by atoms with Crippen molar-refractivity contribution in [1.29, 1.82) is 0 Å². The summed E-state index contributed by atoms with van der Waals surface area (Å²) in [7, 11) is 0. The van der Waals surface area contributed by atoms with E-state index in [1.807, 2.05) is 0 Å². The minimum absolute atomic E-state index is 0.302. The lowest BCUT2D eigenvalue weighted by molar-refractivity contribution is -0.111. The van der Waals surface area contributed by atoms with Crippen LogP contribution in [0.4, 0.5) is 14.6 Å². The molecule has 1 heterocycles. The van der Waals surface area contributed by atoms with Crippen molar-refractivity contribution in [3.8, 4) is 0 Å². The zero-order valence-corrected chi connectivity index (χ0v) is 13.2. The van der Waals surface area contributed by atoms with Crippen LogP contribution >= 0.6 is 0 Å². The Bertz CT molecular complexity index is 901. The number of benzene rings is 2. The second kappa shape index (κ2) is 7.53. The van der Waals surface area contributed by atoms with Crippen LogP contribution in [0.15, 0.2) is 66.9 Å². The Morgan fingerprint density at radius 2 is 1.88 bits per heavy atom. The number of nitrogens with one attached hydrogen (secondary N) is 1. The summed E-state index contributed by atoms with van der Waals surface area (Å²) in [5.41, 5.74) is 1.49. The van der Waals surface area contributed by atoms with Gasteiger partial charge in [-0.3, -0.25) is 9.48 Å². The van der Waals surface area contributed by atoms with Gasteiger partial charge in [0.1, 0.15) is 11.6 Å². The fraction of sp³-hybridized carbons (Fsp3) is 0.0526. The average Bonchev–Trinajstić information content (AvgIpc) is 3.01. The number of carbonyl (C=O) groups excluding carboxylic acids is 1. The van der Waals surface area contributed by atoms with Gasteiger partial charge >= 0.3 is 0 Å². The van der Waals surface area contributed by atoms with Crippen molar-refractivity contribution >= 4 is 17.8 Å². The first-order chi connectivity index (χ1) is 12.1. The SMILES string of the molecule is O=C(/C=C/c1ccc(F)cc1)Nc1ccn(Cc2cccc(F)c2)n1. The first-order valence-electron chi connectivity index (χ1n) is 7.61. The standard InChI is InChI=1S/C19H15F2N3O/c20-16-7-4-14(5-8-16)6-9-19(25)22-18-10-11-24(23-18)13-15-2-1-3-17(21)12-15/h1-12H,13H2,(H,22,23,25)/b9-6+. The van der Waals surface area contributed by atoms with Gasteiger partial charge in [-0.2, -0.15) is 5.10 Å². The van der Waals surface area contributed by atoms with Gasteiger partial charge in [0.2, 0.25) is 5.91 Å². The molecule has 4 nitrogen and oxygen atoms in total. The van der Waals surface area contributed by atoms with Crippen molar-refractivity contribution in [3.63, 3.8) is 0 Å². The molecule has 0 aliphatic carbocycles. The van der Waals surface area contributed by atoms with Crippen molar-refractivity contribution in [3.05, 3.63) is 89.6 Å². The molecule has 25 heavy (non-hydrogen) atoms. The Balaban J connectivity index is 1.59. The summed E-state index contributed by atoms with van der Waals surface area (Å²) in [4.78, 5) is 11.9. The largest absolute Gasteiger partial charge is 0.306 e. The highest BCUT2D eigenvalue weighted by molar-refractivity contribution is 6.01. The van der Waals surface area contributed by atoms with E-state index in [1.54, 1.807) is 47.3 Å². The third-order valence-electron chi connectivity index (χ3n) is 3.42. The molecule has 1 aromatic heterocycles. The van der Waals surface area contributed by atoms with E-state index < -0.39 is 0 Å². The predicted molar refractivity (Wildman–Crippen MR) is 91.8 cm³/mol. The van der Waals surface area contributed by atoms with Crippen molar-refractivity contribution in [1.82, 2.24) is 9.78 Å². The Morgan fingerprint density at radius 1 is 1.08 bits per heavy atom. The number of aromatic nitrogens is 2. The number of nitrogens with zero attached hydrogens (tertiary/aromatic N) is 2. The van der Waals surface area contributed by atoms with Gasteiger partial charge in [-0.05, 0) is 41.5 Å². The Kier molecular flexibility index (Phi) is 4.99. The van der Waals surface area contributed by atoms with Gasteiger partial charge in [-0.15, -0.1) is 0 Å². The van der Waals surface area contributed by atoms with E-state index in [0.717, 1.165) is 5.56 Å². The molecule has 0 spiro atoms. The van der Waals surface area contributed by atoms with Crippen LogP contribution in [0.3, 0.4) is 0 Å². The highest BCUT2D eigenvalue weighted by atomic mass is 19.1. The molecule has 3 aromatic rings. The number of hydrogen-bond donors (Lipinski definition) is 1. The number of anilines is 1. The zero-order chi connectivity index (χ0) is 17.6. The summed E-state index contributed by atoms with van der Waals surface area (Å²) in [6, 6.07) is 13.7. The van der Waals surface area contributed by atoms with E-state index in [4.69, 9.17) is 0 Å². The van der Waals surface area contributed by atoms with Crippen molar-refractivity contribution in [2.75, 3.05) is 5.32 Å². The maximum absolute atomic E-state index is 13.2. The van der Waals surface area contributed by atoms with Gasteiger partial charge in [-0.25, -0.2) is 8.78 Å². The third-order valence-corrected chi connectivity index (χ3v) is 3.42. The van der Waals surface area contributed by atoms with Crippen LogP contribution in [0.1, 0.15) is 11.1 Å². The molecule has 3 rings (SSSR count). The molecular formula is C19H15F2N3O. The van der Waals surface area contributed by atoms with Gasteiger partial charge in [0, 0.05) is 18.3 Å². The molecule has 0 saturated heterocycles. The lowest BCUT2D eigenvalue weighted by atomic mass is 10.2. The summed E-state index contributed by atoms with van der Waals surface area (Å²) in [6.45, 7) is 0.402.